The Hall–Kier alpha value is -1.65. The van der Waals surface area contributed by atoms with Crippen molar-refractivity contribution in [1.82, 2.24) is 5.32 Å². The summed E-state index contributed by atoms with van der Waals surface area (Å²) in [4.78, 5) is 10.1. The first-order valence-electron chi connectivity index (χ1n) is 4.07. The lowest BCUT2D eigenvalue weighted by atomic mass is 10.6. The molecule has 0 aliphatic rings. The standard InChI is InChI=1S/C6H6O.C4H9NO2/c1-2-3-4-5-6-7;1-3-7-4(6)5-2/h7H,6H2,1H3;3H2,1-2H3,(H,5,6). The molecule has 4 heteroatoms. The van der Waals surface area contributed by atoms with Gasteiger partial charge in [0.1, 0.15) is 6.61 Å². The van der Waals surface area contributed by atoms with Crippen molar-refractivity contribution >= 4 is 6.09 Å². The van der Waals surface area contributed by atoms with E-state index in [1.807, 2.05) is 0 Å². The molecule has 1 amide bonds. The Morgan fingerprint density at radius 2 is 2.14 bits per heavy atom. The second-order valence-corrected chi connectivity index (χ2v) is 1.81. The molecule has 0 aromatic rings. The number of nitrogens with one attached hydrogen (secondary N) is 1. The van der Waals surface area contributed by atoms with Crippen molar-refractivity contribution in [1.29, 1.82) is 0 Å². The zero-order chi connectivity index (χ0) is 11.2. The molecule has 0 heterocycles. The van der Waals surface area contributed by atoms with E-state index in [0.717, 1.165) is 0 Å². The van der Waals surface area contributed by atoms with Crippen LogP contribution in [0, 0.1) is 23.7 Å². The number of aliphatic hydroxyl groups excluding tert-OH is 1. The molecule has 0 spiro atoms. The Balaban J connectivity index is 0. The molecule has 0 bridgehead atoms. The molecular weight excluding hydrogens is 182 g/mol. The largest absolute Gasteiger partial charge is 0.450 e. The maximum Gasteiger partial charge on any atom is 0.406 e. The lowest BCUT2D eigenvalue weighted by Crippen LogP contribution is -2.18. The molecule has 0 aliphatic carbocycles. The molecule has 0 radical (unpaired) electrons. The van der Waals surface area contributed by atoms with E-state index in [0.29, 0.717) is 6.61 Å². The molecule has 0 saturated carbocycles. The predicted molar refractivity (Wildman–Crippen MR) is 54.4 cm³/mol. The number of hydrogen-bond donors (Lipinski definition) is 2. The third-order valence-electron chi connectivity index (χ3n) is 0.835. The molecule has 0 aromatic carbocycles. The van der Waals surface area contributed by atoms with Gasteiger partial charge >= 0.3 is 6.09 Å². The first kappa shape index (κ1) is 14.9. The van der Waals surface area contributed by atoms with Crippen LogP contribution in [0.1, 0.15) is 13.8 Å². The van der Waals surface area contributed by atoms with Gasteiger partial charge in [-0.3, -0.25) is 0 Å². The maximum atomic E-state index is 10.1. The van der Waals surface area contributed by atoms with Gasteiger partial charge in [-0.25, -0.2) is 4.79 Å². The number of amides is 1. The van der Waals surface area contributed by atoms with Crippen LogP contribution in [-0.4, -0.2) is 31.5 Å². The fourth-order valence-electron chi connectivity index (χ4n) is 0.349. The van der Waals surface area contributed by atoms with Crippen LogP contribution in [0.5, 0.6) is 0 Å². The molecule has 0 aromatic heterocycles. The molecule has 0 unspecified atom stereocenters. The van der Waals surface area contributed by atoms with E-state index in [2.05, 4.69) is 33.7 Å². The van der Waals surface area contributed by atoms with E-state index in [1.54, 1.807) is 13.8 Å². The van der Waals surface area contributed by atoms with Crippen LogP contribution in [0.25, 0.3) is 0 Å². The van der Waals surface area contributed by atoms with Crippen molar-refractivity contribution in [2.75, 3.05) is 20.3 Å². The molecule has 0 rings (SSSR count). The second kappa shape index (κ2) is 13.9. The monoisotopic (exact) mass is 197 g/mol. The Kier molecular flexibility index (Phi) is 14.8. The molecule has 4 nitrogen and oxygen atoms in total. The second-order valence-electron chi connectivity index (χ2n) is 1.81. The van der Waals surface area contributed by atoms with Crippen LogP contribution < -0.4 is 5.32 Å². The summed E-state index contributed by atoms with van der Waals surface area (Å²) in [6.07, 6.45) is -0.373. The number of carbonyl (C=O) groups is 1. The zero-order valence-corrected chi connectivity index (χ0v) is 8.68. The van der Waals surface area contributed by atoms with Crippen molar-refractivity contribution in [2.45, 2.75) is 13.8 Å². The minimum absolute atomic E-state index is 0.103. The number of hydrogen-bond acceptors (Lipinski definition) is 3. The summed E-state index contributed by atoms with van der Waals surface area (Å²) in [6.45, 7) is 3.79. The average Bonchev–Trinajstić information content (AvgIpc) is 2.20. The molecule has 0 fully saturated rings. The summed E-state index contributed by atoms with van der Waals surface area (Å²) in [5.41, 5.74) is 0. The third kappa shape index (κ3) is 16.7. The van der Waals surface area contributed by atoms with Crippen LogP contribution in [0.2, 0.25) is 0 Å². The van der Waals surface area contributed by atoms with E-state index in [9.17, 15) is 4.79 Å². The minimum atomic E-state index is -0.373. The minimum Gasteiger partial charge on any atom is -0.450 e. The first-order valence-corrected chi connectivity index (χ1v) is 4.07. The summed E-state index contributed by atoms with van der Waals surface area (Å²) >= 11 is 0. The quantitative estimate of drug-likeness (QED) is 0.597. The van der Waals surface area contributed by atoms with Gasteiger partial charge in [-0.2, -0.15) is 0 Å². The fourth-order valence-corrected chi connectivity index (χ4v) is 0.349. The number of carbonyl (C=O) groups excluding carboxylic acids is 1. The molecular formula is C10H15NO3. The molecule has 78 valence electrons. The lowest BCUT2D eigenvalue weighted by Gasteiger charge is -1.95. The highest BCUT2D eigenvalue weighted by Crippen LogP contribution is 1.70. The van der Waals surface area contributed by atoms with Gasteiger partial charge in [0.15, 0.2) is 0 Å². The Morgan fingerprint density at radius 3 is 2.43 bits per heavy atom. The van der Waals surface area contributed by atoms with Gasteiger partial charge in [0.2, 0.25) is 0 Å². The highest BCUT2D eigenvalue weighted by Gasteiger charge is 1.89. The summed E-state index contributed by atoms with van der Waals surface area (Å²) in [5, 5.41) is 10.4. The Morgan fingerprint density at radius 1 is 1.50 bits per heavy atom. The number of aliphatic hydroxyl groups is 1. The van der Waals surface area contributed by atoms with Crippen molar-refractivity contribution < 1.29 is 14.6 Å². The van der Waals surface area contributed by atoms with Gasteiger partial charge in [-0.15, -0.1) is 0 Å². The lowest BCUT2D eigenvalue weighted by molar-refractivity contribution is 0.154. The first-order chi connectivity index (χ1) is 6.72. The molecule has 2 N–H and O–H groups in total. The topological polar surface area (TPSA) is 58.6 Å². The van der Waals surface area contributed by atoms with Crippen LogP contribution in [-0.2, 0) is 4.74 Å². The number of alkyl carbamates (subject to hydrolysis) is 1. The molecule has 14 heavy (non-hydrogen) atoms. The van der Waals surface area contributed by atoms with Crippen molar-refractivity contribution in [3.8, 4) is 23.7 Å². The highest BCUT2D eigenvalue weighted by atomic mass is 16.5. The maximum absolute atomic E-state index is 10.1. The summed E-state index contributed by atoms with van der Waals surface area (Å²) in [6, 6.07) is 0. The van der Waals surface area contributed by atoms with E-state index in [-0.39, 0.29) is 12.7 Å². The van der Waals surface area contributed by atoms with E-state index >= 15 is 0 Å². The smallest absolute Gasteiger partial charge is 0.406 e. The Labute approximate surface area is 84.6 Å². The zero-order valence-electron chi connectivity index (χ0n) is 8.68. The SMILES string of the molecule is CC#CC#CCO.CCOC(=O)NC. The summed E-state index contributed by atoms with van der Waals surface area (Å²) < 4.78 is 4.44. The van der Waals surface area contributed by atoms with Crippen LogP contribution in [0.15, 0.2) is 0 Å². The van der Waals surface area contributed by atoms with Gasteiger partial charge in [-0.05, 0) is 25.7 Å². The summed E-state index contributed by atoms with van der Waals surface area (Å²) in [7, 11) is 1.53. The van der Waals surface area contributed by atoms with Crippen LogP contribution in [0.4, 0.5) is 4.79 Å². The third-order valence-corrected chi connectivity index (χ3v) is 0.835. The van der Waals surface area contributed by atoms with E-state index in [1.165, 1.54) is 7.05 Å². The van der Waals surface area contributed by atoms with E-state index in [4.69, 9.17) is 5.11 Å². The highest BCUT2D eigenvalue weighted by molar-refractivity contribution is 5.66. The fraction of sp³-hybridized carbons (Fsp3) is 0.500. The number of ether oxygens (including phenoxy) is 1. The van der Waals surface area contributed by atoms with Crippen molar-refractivity contribution in [3.63, 3.8) is 0 Å². The molecule has 0 atom stereocenters. The predicted octanol–water partition coefficient (Wildman–Crippen LogP) is 0.368. The summed E-state index contributed by atoms with van der Waals surface area (Å²) in [5.74, 6) is 9.85. The van der Waals surface area contributed by atoms with Gasteiger partial charge in [0.25, 0.3) is 0 Å². The van der Waals surface area contributed by atoms with Gasteiger partial charge < -0.3 is 15.2 Å². The van der Waals surface area contributed by atoms with Crippen molar-refractivity contribution in [3.05, 3.63) is 0 Å². The Bertz CT molecular complexity index is 252. The molecule has 0 saturated heterocycles. The average molecular weight is 197 g/mol. The normalized spacial score (nSPS) is 6.29. The van der Waals surface area contributed by atoms with Gasteiger partial charge in [0, 0.05) is 7.05 Å². The van der Waals surface area contributed by atoms with Crippen LogP contribution in [0.3, 0.4) is 0 Å². The van der Waals surface area contributed by atoms with Crippen molar-refractivity contribution in [2.24, 2.45) is 0 Å². The van der Waals surface area contributed by atoms with E-state index < -0.39 is 0 Å². The van der Waals surface area contributed by atoms with Gasteiger partial charge in [-0.1, -0.05) is 11.8 Å². The van der Waals surface area contributed by atoms with Gasteiger partial charge in [0.05, 0.1) is 6.61 Å². The molecule has 0 aliphatic heterocycles. The van der Waals surface area contributed by atoms with Crippen LogP contribution >= 0.6 is 0 Å². The number of rotatable bonds is 1.